The summed E-state index contributed by atoms with van der Waals surface area (Å²) in [4.78, 5) is 17.2. The Bertz CT molecular complexity index is 777. The number of amides is 1. The van der Waals surface area contributed by atoms with Gasteiger partial charge in [0.2, 0.25) is 5.91 Å². The molecule has 24 heavy (non-hydrogen) atoms. The van der Waals surface area contributed by atoms with Crippen molar-refractivity contribution < 1.29 is 4.79 Å². The first-order chi connectivity index (χ1) is 11.6. The summed E-state index contributed by atoms with van der Waals surface area (Å²) in [6, 6.07) is 6.05. The van der Waals surface area contributed by atoms with Crippen LogP contribution in [0.5, 0.6) is 0 Å². The van der Waals surface area contributed by atoms with E-state index in [9.17, 15) is 4.79 Å². The van der Waals surface area contributed by atoms with Gasteiger partial charge in [0, 0.05) is 54.2 Å². The number of hydrogen-bond donors (Lipinski definition) is 0. The number of hydrogen-bond acceptors (Lipinski definition) is 2. The van der Waals surface area contributed by atoms with Gasteiger partial charge in [-0.1, -0.05) is 11.6 Å². The number of benzene rings is 1. The predicted octanol–water partition coefficient (Wildman–Crippen LogP) is 3.30. The molecular weight excluding hydrogens is 322 g/mol. The first-order valence-electron chi connectivity index (χ1n) is 8.89. The molecule has 1 aromatic carbocycles. The van der Waals surface area contributed by atoms with Gasteiger partial charge in [0.1, 0.15) is 6.54 Å². The number of nitrogens with zero attached hydrogens (tertiary/aromatic N) is 3. The van der Waals surface area contributed by atoms with Crippen molar-refractivity contribution in [3.63, 3.8) is 0 Å². The molecule has 1 aromatic heterocycles. The molecule has 2 aliphatic rings. The Balaban J connectivity index is 1.73. The van der Waals surface area contributed by atoms with Crippen molar-refractivity contribution in [2.24, 2.45) is 0 Å². The van der Waals surface area contributed by atoms with E-state index < -0.39 is 0 Å². The van der Waals surface area contributed by atoms with Crippen molar-refractivity contribution in [2.75, 3.05) is 26.7 Å². The van der Waals surface area contributed by atoms with Gasteiger partial charge >= 0.3 is 0 Å². The highest BCUT2D eigenvalue weighted by Crippen LogP contribution is 2.32. The van der Waals surface area contributed by atoms with E-state index in [1.807, 2.05) is 11.0 Å². The van der Waals surface area contributed by atoms with Crippen LogP contribution in [-0.2, 0) is 24.3 Å². The van der Waals surface area contributed by atoms with E-state index in [0.29, 0.717) is 6.54 Å². The number of carbonyl (C=O) groups is 1. The molecule has 2 aromatic rings. The summed E-state index contributed by atoms with van der Waals surface area (Å²) >= 11 is 6.24. The zero-order chi connectivity index (χ0) is 16.7. The highest BCUT2D eigenvalue weighted by molar-refractivity contribution is 6.31. The van der Waals surface area contributed by atoms with E-state index in [-0.39, 0.29) is 5.91 Å². The summed E-state index contributed by atoms with van der Waals surface area (Å²) in [6.07, 6.45) is 4.51. The molecule has 4 nitrogen and oxygen atoms in total. The van der Waals surface area contributed by atoms with Gasteiger partial charge in [-0.2, -0.15) is 0 Å². The summed E-state index contributed by atoms with van der Waals surface area (Å²) in [5.74, 6) is 0.253. The van der Waals surface area contributed by atoms with Crippen molar-refractivity contribution >= 4 is 28.4 Å². The zero-order valence-corrected chi connectivity index (χ0v) is 15.0. The lowest BCUT2D eigenvalue weighted by atomic mass is 10.1. The Morgan fingerprint density at radius 1 is 1.17 bits per heavy atom. The lowest BCUT2D eigenvalue weighted by molar-refractivity contribution is -0.132. The average molecular weight is 346 g/mol. The minimum Gasteiger partial charge on any atom is -0.341 e. The number of likely N-dealkylation sites (N-methyl/N-ethyl adjacent to an activating group) is 1. The van der Waals surface area contributed by atoms with Crippen molar-refractivity contribution in [3.05, 3.63) is 34.5 Å². The number of fused-ring (bicyclic) bond motifs is 3. The SMILES string of the molecule is CN1CCc2c(c3cc(Cl)ccc3n2CC(=O)N2CCCCC2)C1. The van der Waals surface area contributed by atoms with Crippen molar-refractivity contribution in [1.29, 1.82) is 0 Å². The fourth-order valence-electron chi connectivity index (χ4n) is 4.12. The number of halogens is 1. The van der Waals surface area contributed by atoms with E-state index in [4.69, 9.17) is 11.6 Å². The molecule has 128 valence electrons. The maximum absolute atomic E-state index is 12.8. The Morgan fingerprint density at radius 3 is 2.75 bits per heavy atom. The summed E-state index contributed by atoms with van der Waals surface area (Å²) in [6.45, 7) is 4.24. The maximum Gasteiger partial charge on any atom is 0.242 e. The van der Waals surface area contributed by atoms with Crippen LogP contribution in [0, 0.1) is 0 Å². The number of piperidine rings is 1. The van der Waals surface area contributed by atoms with Crippen molar-refractivity contribution in [2.45, 2.75) is 38.8 Å². The monoisotopic (exact) mass is 345 g/mol. The van der Waals surface area contributed by atoms with Crippen LogP contribution in [0.3, 0.4) is 0 Å². The summed E-state index contributed by atoms with van der Waals surface area (Å²) < 4.78 is 2.24. The molecule has 0 N–H and O–H groups in total. The van der Waals surface area contributed by atoms with Crippen LogP contribution in [0.1, 0.15) is 30.5 Å². The summed E-state index contributed by atoms with van der Waals surface area (Å²) in [5.41, 5.74) is 3.80. The van der Waals surface area contributed by atoms with Gasteiger partial charge in [-0.25, -0.2) is 0 Å². The van der Waals surface area contributed by atoms with Crippen LogP contribution in [-0.4, -0.2) is 47.0 Å². The van der Waals surface area contributed by atoms with Gasteiger partial charge in [-0.3, -0.25) is 4.79 Å². The Kier molecular flexibility index (Phi) is 4.27. The summed E-state index contributed by atoms with van der Waals surface area (Å²) in [7, 11) is 2.15. The van der Waals surface area contributed by atoms with Crippen LogP contribution in [0.25, 0.3) is 10.9 Å². The maximum atomic E-state index is 12.8. The van der Waals surface area contributed by atoms with Crippen molar-refractivity contribution in [3.8, 4) is 0 Å². The minimum atomic E-state index is 0.253. The molecular formula is C19H24ClN3O. The molecule has 0 bridgehead atoms. The lowest BCUT2D eigenvalue weighted by Gasteiger charge is -2.28. The molecule has 0 spiro atoms. The van der Waals surface area contributed by atoms with Gasteiger partial charge in [-0.05, 0) is 50.1 Å². The smallest absolute Gasteiger partial charge is 0.242 e. The van der Waals surface area contributed by atoms with Crippen LogP contribution < -0.4 is 0 Å². The molecule has 0 radical (unpaired) electrons. The van der Waals surface area contributed by atoms with E-state index in [1.54, 1.807) is 0 Å². The van der Waals surface area contributed by atoms with E-state index in [0.717, 1.165) is 56.0 Å². The standard InChI is InChI=1S/C19H24ClN3O/c1-21-10-7-18-16(12-21)15-11-14(20)5-6-17(15)23(18)13-19(24)22-8-3-2-4-9-22/h5-6,11H,2-4,7-10,12-13H2,1H3. The van der Waals surface area contributed by atoms with Crippen LogP contribution >= 0.6 is 11.6 Å². The van der Waals surface area contributed by atoms with Crippen molar-refractivity contribution in [1.82, 2.24) is 14.4 Å². The fourth-order valence-corrected chi connectivity index (χ4v) is 4.29. The predicted molar refractivity (Wildman–Crippen MR) is 97.4 cm³/mol. The number of carbonyl (C=O) groups excluding carboxylic acids is 1. The van der Waals surface area contributed by atoms with E-state index in [2.05, 4.69) is 28.6 Å². The van der Waals surface area contributed by atoms with Gasteiger partial charge in [0.05, 0.1) is 0 Å². The Labute approximate surface area is 148 Å². The lowest BCUT2D eigenvalue weighted by Crippen LogP contribution is -2.38. The second-order valence-electron chi connectivity index (χ2n) is 7.10. The topological polar surface area (TPSA) is 28.5 Å². The first-order valence-corrected chi connectivity index (χ1v) is 9.27. The third-order valence-corrected chi connectivity index (χ3v) is 5.64. The number of aromatic nitrogens is 1. The molecule has 0 unspecified atom stereocenters. The molecule has 1 amide bonds. The second-order valence-corrected chi connectivity index (χ2v) is 7.54. The fraction of sp³-hybridized carbons (Fsp3) is 0.526. The highest BCUT2D eigenvalue weighted by atomic mass is 35.5. The van der Waals surface area contributed by atoms with E-state index in [1.165, 1.54) is 23.1 Å². The van der Waals surface area contributed by atoms with Crippen LogP contribution in [0.4, 0.5) is 0 Å². The molecule has 0 atom stereocenters. The third-order valence-electron chi connectivity index (χ3n) is 5.41. The first kappa shape index (κ1) is 16.0. The van der Waals surface area contributed by atoms with E-state index >= 15 is 0 Å². The highest BCUT2D eigenvalue weighted by Gasteiger charge is 2.25. The van der Waals surface area contributed by atoms with Crippen LogP contribution in [0.2, 0.25) is 5.02 Å². The third kappa shape index (κ3) is 2.82. The molecule has 0 aliphatic carbocycles. The Hall–Kier alpha value is -1.52. The molecule has 3 heterocycles. The average Bonchev–Trinajstić information content (AvgIpc) is 2.88. The molecule has 4 rings (SSSR count). The molecule has 1 fully saturated rings. The molecule has 5 heteroatoms. The molecule has 1 saturated heterocycles. The van der Waals surface area contributed by atoms with Gasteiger partial charge in [0.15, 0.2) is 0 Å². The second kappa shape index (κ2) is 6.41. The minimum absolute atomic E-state index is 0.253. The normalized spacial score (nSPS) is 18.8. The summed E-state index contributed by atoms with van der Waals surface area (Å²) in [5, 5.41) is 1.97. The molecule has 0 saturated carbocycles. The molecule has 2 aliphatic heterocycles. The van der Waals surface area contributed by atoms with Gasteiger partial charge < -0.3 is 14.4 Å². The van der Waals surface area contributed by atoms with Gasteiger partial charge in [0.25, 0.3) is 0 Å². The quantitative estimate of drug-likeness (QED) is 0.835. The van der Waals surface area contributed by atoms with Gasteiger partial charge in [-0.15, -0.1) is 0 Å². The Morgan fingerprint density at radius 2 is 1.96 bits per heavy atom. The number of likely N-dealkylation sites (tertiary alicyclic amines) is 1. The largest absolute Gasteiger partial charge is 0.341 e. The zero-order valence-electron chi connectivity index (χ0n) is 14.2. The number of rotatable bonds is 2. The van der Waals surface area contributed by atoms with Crippen LogP contribution in [0.15, 0.2) is 18.2 Å².